The minimum atomic E-state index is 1.16. The normalized spacial score (nSPS) is 13.1. The number of rotatable bonds is 2. The van der Waals surface area contributed by atoms with Crippen molar-refractivity contribution in [2.45, 2.75) is 29.6 Å². The molecular formula is C16H17NS. The predicted octanol–water partition coefficient (Wildman–Crippen LogP) is 4.87. The second-order valence-corrected chi connectivity index (χ2v) is 5.70. The van der Waals surface area contributed by atoms with Crippen LogP contribution in [0.5, 0.6) is 0 Å². The van der Waals surface area contributed by atoms with E-state index in [1.165, 1.54) is 33.2 Å². The molecule has 3 rings (SSSR count). The van der Waals surface area contributed by atoms with Crippen LogP contribution < -0.4 is 4.90 Å². The summed E-state index contributed by atoms with van der Waals surface area (Å²) in [5, 5.41) is 0. The molecule has 18 heavy (non-hydrogen) atoms. The van der Waals surface area contributed by atoms with Gasteiger partial charge in [0.05, 0.1) is 11.4 Å². The molecule has 0 bridgehead atoms. The first-order valence-corrected chi connectivity index (χ1v) is 7.25. The van der Waals surface area contributed by atoms with Gasteiger partial charge in [0, 0.05) is 16.8 Å². The topological polar surface area (TPSA) is 3.24 Å². The summed E-state index contributed by atoms with van der Waals surface area (Å²) >= 11 is 1.91. The average Bonchev–Trinajstić information content (AvgIpc) is 2.40. The first-order chi connectivity index (χ1) is 8.81. The molecule has 0 aromatic heterocycles. The first kappa shape index (κ1) is 11.7. The van der Waals surface area contributed by atoms with Crippen molar-refractivity contribution in [3.05, 3.63) is 48.0 Å². The van der Waals surface area contributed by atoms with Crippen LogP contribution in [0.2, 0.25) is 0 Å². The molecule has 1 nitrogen and oxygen atoms in total. The summed E-state index contributed by atoms with van der Waals surface area (Å²) in [4.78, 5) is 5.09. The number of hydrogen-bond acceptors (Lipinski definition) is 2. The lowest BCUT2D eigenvalue weighted by Gasteiger charge is -2.30. The highest BCUT2D eigenvalue weighted by Crippen LogP contribution is 2.48. The Hall–Kier alpha value is -1.41. The van der Waals surface area contributed by atoms with E-state index >= 15 is 0 Å². The summed E-state index contributed by atoms with van der Waals surface area (Å²) in [7, 11) is 2.16. The van der Waals surface area contributed by atoms with Gasteiger partial charge in [0.25, 0.3) is 0 Å². The van der Waals surface area contributed by atoms with Crippen molar-refractivity contribution < 1.29 is 0 Å². The van der Waals surface area contributed by atoms with E-state index in [-0.39, 0.29) is 0 Å². The van der Waals surface area contributed by atoms with Crippen LogP contribution in [-0.4, -0.2) is 7.05 Å². The molecule has 0 N–H and O–H groups in total. The Morgan fingerprint density at radius 2 is 1.78 bits per heavy atom. The summed E-state index contributed by atoms with van der Waals surface area (Å²) in [6.07, 6.45) is 2.36. The van der Waals surface area contributed by atoms with E-state index in [1.807, 2.05) is 11.8 Å². The zero-order valence-corrected chi connectivity index (χ0v) is 11.6. The lowest BCUT2D eigenvalue weighted by molar-refractivity contribution is 0.895. The zero-order chi connectivity index (χ0) is 12.5. The molecule has 0 amide bonds. The molecule has 2 heteroatoms. The summed E-state index contributed by atoms with van der Waals surface area (Å²) in [6.45, 7) is 2.24. The first-order valence-electron chi connectivity index (χ1n) is 6.43. The summed E-state index contributed by atoms with van der Waals surface area (Å²) in [5.41, 5.74) is 4.12. The van der Waals surface area contributed by atoms with E-state index in [1.54, 1.807) is 0 Å². The van der Waals surface area contributed by atoms with Crippen molar-refractivity contribution >= 4 is 23.1 Å². The molecule has 0 fully saturated rings. The molecule has 0 unspecified atom stereocenters. The van der Waals surface area contributed by atoms with Crippen molar-refractivity contribution in [2.24, 2.45) is 0 Å². The maximum Gasteiger partial charge on any atom is 0.0553 e. The van der Waals surface area contributed by atoms with Crippen molar-refractivity contribution in [3.63, 3.8) is 0 Å². The molecule has 2 aromatic rings. The molecule has 1 aliphatic heterocycles. The molecule has 0 spiro atoms. The van der Waals surface area contributed by atoms with Crippen molar-refractivity contribution in [2.75, 3.05) is 11.9 Å². The van der Waals surface area contributed by atoms with E-state index < -0.39 is 0 Å². The van der Waals surface area contributed by atoms with E-state index in [0.29, 0.717) is 0 Å². The van der Waals surface area contributed by atoms with Gasteiger partial charge in [-0.15, -0.1) is 0 Å². The Morgan fingerprint density at radius 1 is 1.00 bits per heavy atom. The second-order valence-electron chi connectivity index (χ2n) is 4.64. The van der Waals surface area contributed by atoms with Gasteiger partial charge in [0.1, 0.15) is 0 Å². The Morgan fingerprint density at radius 3 is 2.61 bits per heavy atom. The van der Waals surface area contributed by atoms with Crippen LogP contribution in [0.1, 0.15) is 18.9 Å². The van der Waals surface area contributed by atoms with Gasteiger partial charge in [0.15, 0.2) is 0 Å². The van der Waals surface area contributed by atoms with Gasteiger partial charge in [-0.1, -0.05) is 49.4 Å². The van der Waals surface area contributed by atoms with Crippen LogP contribution in [0.25, 0.3) is 0 Å². The largest absolute Gasteiger partial charge is 0.343 e. The maximum absolute atomic E-state index is 2.31. The molecule has 2 aromatic carbocycles. The Kier molecular flexibility index (Phi) is 3.04. The van der Waals surface area contributed by atoms with Crippen molar-refractivity contribution in [1.29, 1.82) is 0 Å². The van der Waals surface area contributed by atoms with Crippen LogP contribution in [0.15, 0.2) is 52.3 Å². The third-order valence-electron chi connectivity index (χ3n) is 3.40. The molecule has 0 aliphatic carbocycles. The van der Waals surface area contributed by atoms with Gasteiger partial charge in [-0.05, 0) is 30.2 Å². The van der Waals surface area contributed by atoms with Crippen molar-refractivity contribution in [1.82, 2.24) is 0 Å². The second kappa shape index (κ2) is 4.69. The van der Waals surface area contributed by atoms with Crippen LogP contribution in [0.3, 0.4) is 0 Å². The number of fused-ring (bicyclic) bond motifs is 2. The maximum atomic E-state index is 2.31. The molecule has 1 aliphatic rings. The van der Waals surface area contributed by atoms with Crippen LogP contribution >= 0.6 is 11.8 Å². The lowest BCUT2D eigenvalue weighted by atomic mass is 10.1. The van der Waals surface area contributed by atoms with E-state index in [9.17, 15) is 0 Å². The number of nitrogens with zero attached hydrogens (tertiary/aromatic N) is 1. The highest BCUT2D eigenvalue weighted by atomic mass is 32.2. The molecule has 1 heterocycles. The quantitative estimate of drug-likeness (QED) is 0.753. The number of hydrogen-bond donors (Lipinski definition) is 0. The van der Waals surface area contributed by atoms with Crippen molar-refractivity contribution in [3.8, 4) is 0 Å². The summed E-state index contributed by atoms with van der Waals surface area (Å²) in [5.74, 6) is 0. The highest BCUT2D eigenvalue weighted by molar-refractivity contribution is 7.99. The van der Waals surface area contributed by atoms with E-state index in [4.69, 9.17) is 0 Å². The predicted molar refractivity (Wildman–Crippen MR) is 79.1 cm³/mol. The standard InChI is InChI=1S/C16H17NS/c1-3-7-12-8-6-10-14-16(12)18-15-11-5-4-9-13(15)17(14)2/h4-6,8-11H,3,7H2,1-2H3. The van der Waals surface area contributed by atoms with Gasteiger partial charge in [-0.25, -0.2) is 0 Å². The van der Waals surface area contributed by atoms with Gasteiger partial charge in [0.2, 0.25) is 0 Å². The van der Waals surface area contributed by atoms with Crippen LogP contribution in [0.4, 0.5) is 11.4 Å². The van der Waals surface area contributed by atoms with E-state index in [2.05, 4.69) is 61.3 Å². The fraction of sp³-hybridized carbons (Fsp3) is 0.250. The fourth-order valence-corrected chi connectivity index (χ4v) is 3.77. The number of anilines is 2. The van der Waals surface area contributed by atoms with E-state index in [0.717, 1.165) is 6.42 Å². The fourth-order valence-electron chi connectivity index (χ4n) is 2.48. The average molecular weight is 255 g/mol. The SMILES string of the molecule is CCCc1cccc2c1Sc1ccccc1N2C. The minimum Gasteiger partial charge on any atom is -0.343 e. The molecule has 0 saturated heterocycles. The number of benzene rings is 2. The molecular weight excluding hydrogens is 238 g/mol. The number of aryl methyl sites for hydroxylation is 1. The minimum absolute atomic E-state index is 1.16. The molecule has 0 saturated carbocycles. The molecule has 0 radical (unpaired) electrons. The Labute approximate surface area is 113 Å². The third-order valence-corrected chi connectivity index (χ3v) is 4.64. The molecule has 0 atom stereocenters. The molecule has 92 valence electrons. The van der Waals surface area contributed by atoms with Crippen LogP contribution in [0, 0.1) is 0 Å². The Balaban J connectivity index is 2.12. The third kappa shape index (κ3) is 1.81. The zero-order valence-electron chi connectivity index (χ0n) is 10.8. The number of para-hydroxylation sites is 1. The van der Waals surface area contributed by atoms with Gasteiger partial charge in [-0.3, -0.25) is 0 Å². The highest BCUT2D eigenvalue weighted by Gasteiger charge is 2.21. The summed E-state index contributed by atoms with van der Waals surface area (Å²) in [6, 6.07) is 15.3. The Bertz CT molecular complexity index is 577. The van der Waals surface area contributed by atoms with Gasteiger partial charge >= 0.3 is 0 Å². The summed E-state index contributed by atoms with van der Waals surface area (Å²) < 4.78 is 0. The van der Waals surface area contributed by atoms with Gasteiger partial charge in [-0.2, -0.15) is 0 Å². The monoisotopic (exact) mass is 255 g/mol. The van der Waals surface area contributed by atoms with Crippen LogP contribution in [-0.2, 0) is 6.42 Å². The lowest BCUT2D eigenvalue weighted by Crippen LogP contribution is -2.15. The van der Waals surface area contributed by atoms with Gasteiger partial charge < -0.3 is 4.90 Å². The smallest absolute Gasteiger partial charge is 0.0553 e.